The van der Waals surface area contributed by atoms with Crippen molar-refractivity contribution >= 4 is 40.7 Å². The molecule has 4 N–H and O–H groups in total. The number of anilines is 2. The Hall–Kier alpha value is -3.20. The van der Waals surface area contributed by atoms with E-state index in [2.05, 4.69) is 21.5 Å². The molecule has 2 rings (SSSR count). The molecule has 0 aliphatic heterocycles. The van der Waals surface area contributed by atoms with Gasteiger partial charge < -0.3 is 10.1 Å². The number of benzene rings is 2. The second kappa shape index (κ2) is 9.14. The Labute approximate surface area is 167 Å². The van der Waals surface area contributed by atoms with Crippen LogP contribution in [0.15, 0.2) is 48.5 Å². The van der Waals surface area contributed by atoms with Crippen LogP contribution in [0, 0.1) is 5.82 Å². The number of ether oxygens (including phenoxy) is 1. The average Bonchev–Trinajstić information content (AvgIpc) is 2.60. The number of hydrazine groups is 1. The highest BCUT2D eigenvalue weighted by Crippen LogP contribution is 2.14. The molecule has 148 valence electrons. The number of halogens is 1. The van der Waals surface area contributed by atoms with Gasteiger partial charge in [-0.1, -0.05) is 18.2 Å². The SMILES string of the molecule is CC(C)(C)OC(=O)Nc1cccc(C(=O)NNC(=S)Nc2ccccc2F)c1. The van der Waals surface area contributed by atoms with Crippen LogP contribution in [0.5, 0.6) is 0 Å². The van der Waals surface area contributed by atoms with E-state index in [1.807, 2.05) is 0 Å². The minimum atomic E-state index is -0.635. The molecule has 0 bridgehead atoms. The van der Waals surface area contributed by atoms with Gasteiger partial charge in [0.1, 0.15) is 11.4 Å². The number of hydrogen-bond donors (Lipinski definition) is 4. The van der Waals surface area contributed by atoms with E-state index in [0.29, 0.717) is 5.69 Å². The third-order valence-corrected chi connectivity index (χ3v) is 3.39. The summed E-state index contributed by atoms with van der Waals surface area (Å²) in [5, 5.41) is 5.20. The maximum absolute atomic E-state index is 13.6. The number of thiocarbonyl (C=S) groups is 1. The number of amides is 2. The smallest absolute Gasteiger partial charge is 0.412 e. The lowest BCUT2D eigenvalue weighted by molar-refractivity contribution is 0.0635. The molecule has 0 unspecified atom stereocenters. The van der Waals surface area contributed by atoms with Crippen LogP contribution in [0.25, 0.3) is 0 Å². The predicted molar refractivity (Wildman–Crippen MR) is 110 cm³/mol. The Bertz CT molecular complexity index is 883. The Morgan fingerprint density at radius 2 is 1.71 bits per heavy atom. The summed E-state index contributed by atoms with van der Waals surface area (Å²) in [6, 6.07) is 12.3. The largest absolute Gasteiger partial charge is 0.444 e. The summed E-state index contributed by atoms with van der Waals surface area (Å²) in [5.41, 5.74) is 5.10. The van der Waals surface area contributed by atoms with Crippen molar-refractivity contribution in [2.75, 3.05) is 10.6 Å². The van der Waals surface area contributed by atoms with Crippen LogP contribution >= 0.6 is 12.2 Å². The molecule has 0 spiro atoms. The van der Waals surface area contributed by atoms with Crippen molar-refractivity contribution in [3.8, 4) is 0 Å². The van der Waals surface area contributed by atoms with E-state index in [-0.39, 0.29) is 16.4 Å². The van der Waals surface area contributed by atoms with E-state index in [1.54, 1.807) is 51.1 Å². The lowest BCUT2D eigenvalue weighted by atomic mass is 10.2. The van der Waals surface area contributed by atoms with Crippen LogP contribution in [-0.4, -0.2) is 22.7 Å². The van der Waals surface area contributed by atoms with Crippen LogP contribution in [0.3, 0.4) is 0 Å². The molecule has 0 aliphatic rings. The summed E-state index contributed by atoms with van der Waals surface area (Å²) in [6.45, 7) is 5.25. The fourth-order valence-corrected chi connectivity index (χ4v) is 2.22. The maximum atomic E-state index is 13.6. The molecule has 0 atom stereocenters. The summed E-state index contributed by atoms with van der Waals surface area (Å²) >= 11 is 5.02. The summed E-state index contributed by atoms with van der Waals surface area (Å²) in [4.78, 5) is 24.1. The first-order chi connectivity index (χ1) is 13.1. The van der Waals surface area contributed by atoms with Gasteiger partial charge in [0.05, 0.1) is 5.69 Å². The number of carbonyl (C=O) groups excluding carboxylic acids is 2. The fraction of sp³-hybridized carbons (Fsp3) is 0.211. The zero-order valence-corrected chi connectivity index (χ0v) is 16.4. The summed E-state index contributed by atoms with van der Waals surface area (Å²) < 4.78 is 18.8. The van der Waals surface area contributed by atoms with Crippen molar-refractivity contribution in [3.63, 3.8) is 0 Å². The Morgan fingerprint density at radius 3 is 2.39 bits per heavy atom. The lowest BCUT2D eigenvalue weighted by Gasteiger charge is -2.19. The fourth-order valence-electron chi connectivity index (χ4n) is 2.06. The van der Waals surface area contributed by atoms with Gasteiger partial charge in [-0.2, -0.15) is 0 Å². The minimum Gasteiger partial charge on any atom is -0.444 e. The number of hydrogen-bond acceptors (Lipinski definition) is 4. The van der Waals surface area contributed by atoms with Crippen molar-refractivity contribution in [2.24, 2.45) is 0 Å². The molecule has 0 aliphatic carbocycles. The van der Waals surface area contributed by atoms with Gasteiger partial charge in [-0.3, -0.25) is 21.0 Å². The molecule has 0 aromatic heterocycles. The first-order valence-corrected chi connectivity index (χ1v) is 8.77. The second-order valence-corrected chi connectivity index (χ2v) is 7.13. The van der Waals surface area contributed by atoms with E-state index in [9.17, 15) is 14.0 Å². The van der Waals surface area contributed by atoms with Crippen molar-refractivity contribution in [3.05, 3.63) is 59.9 Å². The molecular formula is C19H21FN4O3S. The Balaban J connectivity index is 1.91. The van der Waals surface area contributed by atoms with Gasteiger partial charge in [-0.05, 0) is 63.3 Å². The van der Waals surface area contributed by atoms with E-state index in [4.69, 9.17) is 17.0 Å². The highest BCUT2D eigenvalue weighted by molar-refractivity contribution is 7.80. The van der Waals surface area contributed by atoms with E-state index in [0.717, 1.165) is 0 Å². The van der Waals surface area contributed by atoms with Gasteiger partial charge in [0.25, 0.3) is 5.91 Å². The molecule has 7 nitrogen and oxygen atoms in total. The molecule has 2 amide bonds. The third-order valence-electron chi connectivity index (χ3n) is 3.18. The van der Waals surface area contributed by atoms with E-state index in [1.165, 1.54) is 18.2 Å². The monoisotopic (exact) mass is 404 g/mol. The molecule has 2 aromatic rings. The summed E-state index contributed by atoms with van der Waals surface area (Å²) in [6.07, 6.45) is -0.626. The van der Waals surface area contributed by atoms with Crippen LogP contribution < -0.4 is 21.5 Å². The molecule has 0 saturated carbocycles. The zero-order valence-electron chi connectivity index (χ0n) is 15.6. The molecular weight excluding hydrogens is 383 g/mol. The first kappa shape index (κ1) is 21.1. The summed E-state index contributed by atoms with van der Waals surface area (Å²) in [5.74, 6) is -0.968. The number of rotatable bonds is 3. The quantitative estimate of drug-likeness (QED) is 0.459. The van der Waals surface area contributed by atoms with Crippen LogP contribution in [0.4, 0.5) is 20.6 Å². The van der Waals surface area contributed by atoms with Gasteiger partial charge in [0.15, 0.2) is 5.11 Å². The highest BCUT2D eigenvalue weighted by atomic mass is 32.1. The first-order valence-electron chi connectivity index (χ1n) is 8.36. The van der Waals surface area contributed by atoms with Crippen molar-refractivity contribution < 1.29 is 18.7 Å². The second-order valence-electron chi connectivity index (χ2n) is 6.72. The Kier molecular flexibility index (Phi) is 6.89. The van der Waals surface area contributed by atoms with Crippen molar-refractivity contribution in [1.29, 1.82) is 0 Å². The van der Waals surface area contributed by atoms with Crippen LogP contribution in [-0.2, 0) is 4.74 Å². The van der Waals surface area contributed by atoms with Crippen LogP contribution in [0.1, 0.15) is 31.1 Å². The van der Waals surface area contributed by atoms with Crippen molar-refractivity contribution in [2.45, 2.75) is 26.4 Å². The third kappa shape index (κ3) is 6.84. The van der Waals surface area contributed by atoms with Gasteiger partial charge >= 0.3 is 6.09 Å². The Morgan fingerprint density at radius 1 is 1.00 bits per heavy atom. The standard InChI is InChI=1S/C19H21FN4O3S/c1-19(2,3)27-18(26)21-13-8-6-7-12(11-13)16(25)23-24-17(28)22-15-10-5-4-9-14(15)20/h4-11H,1-3H3,(H,21,26)(H,23,25)(H2,22,24,28). The highest BCUT2D eigenvalue weighted by Gasteiger charge is 2.16. The van der Waals surface area contributed by atoms with Crippen LogP contribution in [0.2, 0.25) is 0 Å². The minimum absolute atomic E-state index is 0.0153. The molecule has 0 heterocycles. The molecule has 9 heteroatoms. The number of para-hydroxylation sites is 1. The van der Waals surface area contributed by atoms with Gasteiger partial charge in [-0.15, -0.1) is 0 Å². The summed E-state index contributed by atoms with van der Waals surface area (Å²) in [7, 11) is 0. The molecule has 0 saturated heterocycles. The normalized spacial score (nSPS) is 10.6. The predicted octanol–water partition coefficient (Wildman–Crippen LogP) is 3.80. The van der Waals surface area contributed by atoms with Gasteiger partial charge in [0, 0.05) is 11.3 Å². The lowest BCUT2D eigenvalue weighted by Crippen LogP contribution is -2.43. The van der Waals surface area contributed by atoms with E-state index >= 15 is 0 Å². The maximum Gasteiger partial charge on any atom is 0.412 e. The average molecular weight is 404 g/mol. The topological polar surface area (TPSA) is 91.5 Å². The van der Waals surface area contributed by atoms with E-state index < -0.39 is 23.4 Å². The zero-order chi connectivity index (χ0) is 20.7. The molecule has 28 heavy (non-hydrogen) atoms. The van der Waals surface area contributed by atoms with Gasteiger partial charge in [-0.25, -0.2) is 9.18 Å². The van der Waals surface area contributed by atoms with Gasteiger partial charge in [0.2, 0.25) is 0 Å². The number of nitrogens with one attached hydrogen (secondary N) is 4. The van der Waals surface area contributed by atoms with Crippen molar-refractivity contribution in [1.82, 2.24) is 10.9 Å². The molecule has 0 fully saturated rings. The number of carbonyl (C=O) groups is 2. The molecule has 2 aromatic carbocycles. The molecule has 0 radical (unpaired) electrons.